The summed E-state index contributed by atoms with van der Waals surface area (Å²) in [6.07, 6.45) is 0.219. The minimum absolute atomic E-state index is 0.108. The summed E-state index contributed by atoms with van der Waals surface area (Å²) in [6.45, 7) is 10.4. The molecule has 0 saturated heterocycles. The average Bonchev–Trinajstić information content (AvgIpc) is 2.60. The van der Waals surface area contributed by atoms with E-state index >= 15 is 0 Å². The van der Waals surface area contributed by atoms with Crippen molar-refractivity contribution in [2.24, 2.45) is 0 Å². The topological polar surface area (TPSA) is 47.6 Å². The molecule has 0 aromatic heterocycles. The third-order valence-electron chi connectivity index (χ3n) is 4.01. The third kappa shape index (κ3) is 5.80. The maximum absolute atomic E-state index is 12.5. The zero-order chi connectivity index (χ0) is 19.1. The number of rotatable bonds is 8. The van der Waals surface area contributed by atoms with E-state index in [9.17, 15) is 4.79 Å². The molecule has 1 N–H and O–H groups in total. The zero-order valence-electron chi connectivity index (χ0n) is 16.3. The Morgan fingerprint density at radius 3 is 2.54 bits per heavy atom. The lowest BCUT2D eigenvalue weighted by Gasteiger charge is -2.19. The highest BCUT2D eigenvalue weighted by atomic mass is 16.5. The summed E-state index contributed by atoms with van der Waals surface area (Å²) in [5.74, 6) is 1.47. The van der Waals surface area contributed by atoms with E-state index in [2.05, 4.69) is 5.32 Å². The Kier molecular flexibility index (Phi) is 7.07. The molecule has 2 aromatic carbocycles. The lowest BCUT2D eigenvalue weighted by atomic mass is 10.1. The van der Waals surface area contributed by atoms with Crippen LogP contribution in [0, 0.1) is 13.8 Å². The lowest BCUT2D eigenvalue weighted by molar-refractivity contribution is -0.128. The molecule has 0 aliphatic carbocycles. The summed E-state index contributed by atoms with van der Waals surface area (Å²) in [5.41, 5.74) is 3.14. The van der Waals surface area contributed by atoms with Gasteiger partial charge in [-0.1, -0.05) is 31.2 Å². The van der Waals surface area contributed by atoms with E-state index < -0.39 is 6.10 Å². The Labute approximate surface area is 156 Å². The number of amides is 1. The number of aryl methyl sites for hydroxylation is 2. The summed E-state index contributed by atoms with van der Waals surface area (Å²) < 4.78 is 11.7. The number of hydrogen-bond acceptors (Lipinski definition) is 3. The molecular formula is C22H29NO3. The maximum atomic E-state index is 12.5. The van der Waals surface area contributed by atoms with Crippen molar-refractivity contribution in [3.8, 4) is 11.5 Å². The van der Waals surface area contributed by atoms with Crippen molar-refractivity contribution in [2.75, 3.05) is 0 Å². The second-order valence-electron chi connectivity index (χ2n) is 6.82. The van der Waals surface area contributed by atoms with Crippen molar-refractivity contribution in [3.63, 3.8) is 0 Å². The summed E-state index contributed by atoms with van der Waals surface area (Å²) in [5, 5.41) is 2.97. The van der Waals surface area contributed by atoms with Crippen molar-refractivity contribution in [2.45, 2.75) is 59.8 Å². The van der Waals surface area contributed by atoms with Gasteiger partial charge in [0, 0.05) is 6.54 Å². The molecule has 26 heavy (non-hydrogen) atoms. The van der Waals surface area contributed by atoms with Crippen LogP contribution in [0.3, 0.4) is 0 Å². The van der Waals surface area contributed by atoms with Gasteiger partial charge in [-0.15, -0.1) is 0 Å². The molecule has 0 aliphatic heterocycles. The molecule has 0 fully saturated rings. The Bertz CT molecular complexity index is 740. The molecule has 0 heterocycles. The van der Waals surface area contributed by atoms with Crippen LogP contribution in [-0.2, 0) is 11.3 Å². The first kappa shape index (κ1) is 19.8. The summed E-state index contributed by atoms with van der Waals surface area (Å²) >= 11 is 0. The predicted molar refractivity (Wildman–Crippen MR) is 105 cm³/mol. The largest absolute Gasteiger partial charge is 0.491 e. The number of nitrogens with one attached hydrogen (secondary N) is 1. The molecule has 4 heteroatoms. The first-order valence-electron chi connectivity index (χ1n) is 9.16. The molecule has 0 radical (unpaired) electrons. The van der Waals surface area contributed by atoms with Gasteiger partial charge in [0.05, 0.1) is 6.10 Å². The lowest BCUT2D eigenvalue weighted by Crippen LogP contribution is -2.37. The van der Waals surface area contributed by atoms with E-state index in [4.69, 9.17) is 9.47 Å². The summed E-state index contributed by atoms with van der Waals surface area (Å²) in [6, 6.07) is 13.8. The standard InChI is InChI=1S/C22H29NO3/c1-6-20(26-21-12-16(4)10-11-17(21)5)22(24)23-14-18-8-7-9-19(13-18)25-15(2)3/h7-13,15,20H,6,14H2,1-5H3,(H,23,24)/t20-/m1/s1. The van der Waals surface area contributed by atoms with Gasteiger partial charge in [-0.25, -0.2) is 0 Å². The van der Waals surface area contributed by atoms with Crippen LogP contribution in [0.15, 0.2) is 42.5 Å². The van der Waals surface area contributed by atoms with Gasteiger partial charge in [-0.05, 0) is 69.0 Å². The Hall–Kier alpha value is -2.49. The van der Waals surface area contributed by atoms with Gasteiger partial charge in [0.25, 0.3) is 5.91 Å². The fourth-order valence-electron chi connectivity index (χ4n) is 2.61. The van der Waals surface area contributed by atoms with Crippen LogP contribution >= 0.6 is 0 Å². The molecule has 140 valence electrons. The highest BCUT2D eigenvalue weighted by Crippen LogP contribution is 2.21. The number of ether oxygens (including phenoxy) is 2. The van der Waals surface area contributed by atoms with Gasteiger partial charge < -0.3 is 14.8 Å². The van der Waals surface area contributed by atoms with Gasteiger partial charge in [0.1, 0.15) is 11.5 Å². The van der Waals surface area contributed by atoms with E-state index in [0.717, 1.165) is 28.2 Å². The quantitative estimate of drug-likeness (QED) is 0.755. The molecule has 0 bridgehead atoms. The van der Waals surface area contributed by atoms with Crippen LogP contribution in [-0.4, -0.2) is 18.1 Å². The molecule has 2 rings (SSSR count). The minimum Gasteiger partial charge on any atom is -0.491 e. The zero-order valence-corrected chi connectivity index (χ0v) is 16.3. The minimum atomic E-state index is -0.509. The van der Waals surface area contributed by atoms with E-state index in [0.29, 0.717) is 13.0 Å². The van der Waals surface area contributed by atoms with Crippen LogP contribution < -0.4 is 14.8 Å². The van der Waals surface area contributed by atoms with Crippen molar-refractivity contribution in [1.29, 1.82) is 0 Å². The van der Waals surface area contributed by atoms with Gasteiger partial charge in [-0.3, -0.25) is 4.79 Å². The van der Waals surface area contributed by atoms with E-state index in [-0.39, 0.29) is 12.0 Å². The predicted octanol–water partition coefficient (Wildman–Crippen LogP) is 4.56. The number of benzene rings is 2. The maximum Gasteiger partial charge on any atom is 0.261 e. The number of carbonyl (C=O) groups excluding carboxylic acids is 1. The van der Waals surface area contributed by atoms with Gasteiger partial charge in [-0.2, -0.15) is 0 Å². The van der Waals surface area contributed by atoms with Gasteiger partial charge >= 0.3 is 0 Å². The third-order valence-corrected chi connectivity index (χ3v) is 4.01. The molecule has 0 aliphatic rings. The molecular weight excluding hydrogens is 326 g/mol. The Balaban J connectivity index is 1.98. The molecule has 1 amide bonds. The Morgan fingerprint density at radius 1 is 1.08 bits per heavy atom. The molecule has 1 atom stereocenters. The van der Waals surface area contributed by atoms with Crippen molar-refractivity contribution in [1.82, 2.24) is 5.32 Å². The first-order chi connectivity index (χ1) is 12.4. The molecule has 0 unspecified atom stereocenters. The van der Waals surface area contributed by atoms with E-state index in [1.165, 1.54) is 0 Å². The Morgan fingerprint density at radius 2 is 1.85 bits per heavy atom. The van der Waals surface area contributed by atoms with Crippen molar-refractivity contribution >= 4 is 5.91 Å². The molecule has 0 saturated carbocycles. The molecule has 2 aromatic rings. The molecule has 0 spiro atoms. The van der Waals surface area contributed by atoms with E-state index in [1.54, 1.807) is 0 Å². The second kappa shape index (κ2) is 9.27. The van der Waals surface area contributed by atoms with Gasteiger partial charge in [0.2, 0.25) is 0 Å². The highest BCUT2D eigenvalue weighted by molar-refractivity contribution is 5.81. The van der Waals surface area contributed by atoms with Crippen LogP contribution in [0.2, 0.25) is 0 Å². The van der Waals surface area contributed by atoms with Crippen LogP contribution in [0.1, 0.15) is 43.9 Å². The monoisotopic (exact) mass is 355 g/mol. The van der Waals surface area contributed by atoms with Crippen molar-refractivity contribution < 1.29 is 14.3 Å². The van der Waals surface area contributed by atoms with Crippen molar-refractivity contribution in [3.05, 3.63) is 59.2 Å². The number of hydrogen-bond donors (Lipinski definition) is 1. The van der Waals surface area contributed by atoms with E-state index in [1.807, 2.05) is 77.1 Å². The smallest absolute Gasteiger partial charge is 0.261 e. The van der Waals surface area contributed by atoms with Crippen LogP contribution in [0.4, 0.5) is 0 Å². The molecule has 4 nitrogen and oxygen atoms in total. The summed E-state index contributed by atoms with van der Waals surface area (Å²) in [4.78, 5) is 12.5. The van der Waals surface area contributed by atoms with Crippen LogP contribution in [0.5, 0.6) is 11.5 Å². The second-order valence-corrected chi connectivity index (χ2v) is 6.82. The highest BCUT2D eigenvalue weighted by Gasteiger charge is 2.19. The normalized spacial score (nSPS) is 11.9. The fourth-order valence-corrected chi connectivity index (χ4v) is 2.61. The van der Waals surface area contributed by atoms with Gasteiger partial charge in [0.15, 0.2) is 6.10 Å². The fraction of sp³-hybridized carbons (Fsp3) is 0.409. The SMILES string of the molecule is CC[C@@H](Oc1cc(C)ccc1C)C(=O)NCc1cccc(OC(C)C)c1. The van der Waals surface area contributed by atoms with Crippen LogP contribution in [0.25, 0.3) is 0 Å². The average molecular weight is 355 g/mol. The number of carbonyl (C=O) groups is 1. The first-order valence-corrected chi connectivity index (χ1v) is 9.16. The summed E-state index contributed by atoms with van der Waals surface area (Å²) in [7, 11) is 0.